The van der Waals surface area contributed by atoms with Gasteiger partial charge < -0.3 is 9.84 Å². The molecule has 0 saturated heterocycles. The molecule has 1 aromatic heterocycles. The maximum Gasteiger partial charge on any atom is 0.213 e. The lowest BCUT2D eigenvalue weighted by Crippen LogP contribution is -2.15. The number of nitrogens with zero attached hydrogens (tertiary/aromatic N) is 2. The van der Waals surface area contributed by atoms with E-state index in [2.05, 4.69) is 26.9 Å². The number of hydrogen-bond acceptors (Lipinski definition) is 4. The molecule has 17 heavy (non-hydrogen) atoms. The fourth-order valence-corrected chi connectivity index (χ4v) is 1.85. The zero-order valence-corrected chi connectivity index (χ0v) is 11.0. The van der Waals surface area contributed by atoms with Crippen LogP contribution in [0.5, 0.6) is 0 Å². The van der Waals surface area contributed by atoms with Gasteiger partial charge in [0.25, 0.3) is 0 Å². The predicted molar refractivity (Wildman–Crippen MR) is 68.6 cm³/mol. The largest absolute Gasteiger partial charge is 0.343 e. The van der Waals surface area contributed by atoms with Crippen molar-refractivity contribution in [2.45, 2.75) is 64.8 Å². The fourth-order valence-electron chi connectivity index (χ4n) is 1.85. The highest BCUT2D eigenvalue weighted by molar-refractivity contribution is 4.75. The molecule has 0 saturated carbocycles. The molecule has 1 rings (SSSR count). The highest BCUT2D eigenvalue weighted by atomic mass is 16.5. The average molecular weight is 239 g/mol. The molecule has 0 amide bonds. The lowest BCUT2D eigenvalue weighted by Gasteiger charge is -2.02. The van der Waals surface area contributed by atoms with Crippen LogP contribution in [-0.2, 0) is 6.54 Å². The van der Waals surface area contributed by atoms with Gasteiger partial charge in [-0.1, -0.05) is 57.0 Å². The first-order valence-corrected chi connectivity index (χ1v) is 6.89. The summed E-state index contributed by atoms with van der Waals surface area (Å²) in [5.41, 5.74) is 0. The van der Waals surface area contributed by atoms with E-state index in [1.807, 2.05) is 0 Å². The number of nitrogens with one attached hydrogen (secondary N) is 1. The Hall–Kier alpha value is -0.900. The molecule has 4 heteroatoms. The average Bonchev–Trinajstić information content (AvgIpc) is 2.85. The van der Waals surface area contributed by atoms with Gasteiger partial charge in [0.15, 0.2) is 5.82 Å². The van der Waals surface area contributed by atoms with E-state index >= 15 is 0 Å². The Morgan fingerprint density at radius 3 is 2.41 bits per heavy atom. The van der Waals surface area contributed by atoms with Crippen LogP contribution in [0.15, 0.2) is 10.9 Å². The Balaban J connectivity index is 1.76. The summed E-state index contributed by atoms with van der Waals surface area (Å²) < 4.78 is 4.66. The van der Waals surface area contributed by atoms with Crippen molar-refractivity contribution in [2.75, 3.05) is 6.54 Å². The molecule has 4 nitrogen and oxygen atoms in total. The summed E-state index contributed by atoms with van der Waals surface area (Å²) in [5, 5.41) is 7.06. The fraction of sp³-hybridized carbons (Fsp3) is 0.846. The van der Waals surface area contributed by atoms with E-state index in [1.54, 1.807) is 0 Å². The molecular formula is C13H25N3O. The highest BCUT2D eigenvalue weighted by Crippen LogP contribution is 2.07. The molecule has 0 spiro atoms. The van der Waals surface area contributed by atoms with Crippen LogP contribution in [0.25, 0.3) is 0 Å². The van der Waals surface area contributed by atoms with Crippen molar-refractivity contribution in [3.63, 3.8) is 0 Å². The molecule has 0 aliphatic carbocycles. The molecule has 0 atom stereocenters. The topological polar surface area (TPSA) is 51.0 Å². The van der Waals surface area contributed by atoms with Crippen LogP contribution in [0, 0.1) is 0 Å². The Labute approximate surface area is 104 Å². The maximum atomic E-state index is 4.66. The van der Waals surface area contributed by atoms with Crippen molar-refractivity contribution in [2.24, 2.45) is 0 Å². The van der Waals surface area contributed by atoms with Gasteiger partial charge in [0, 0.05) is 0 Å². The van der Waals surface area contributed by atoms with Gasteiger partial charge in [-0.2, -0.15) is 4.98 Å². The van der Waals surface area contributed by atoms with Crippen LogP contribution in [0.3, 0.4) is 0 Å². The maximum absolute atomic E-state index is 4.66. The van der Waals surface area contributed by atoms with Gasteiger partial charge in [0.05, 0.1) is 6.54 Å². The Kier molecular flexibility index (Phi) is 8.55. The summed E-state index contributed by atoms with van der Waals surface area (Å²) in [6.07, 6.45) is 12.2. The Morgan fingerprint density at radius 2 is 1.76 bits per heavy atom. The van der Waals surface area contributed by atoms with Crippen molar-refractivity contribution in [1.29, 1.82) is 0 Å². The zero-order valence-electron chi connectivity index (χ0n) is 11.0. The van der Waals surface area contributed by atoms with Crippen LogP contribution < -0.4 is 5.32 Å². The minimum atomic E-state index is 0.715. The second kappa shape index (κ2) is 10.3. The second-order valence-corrected chi connectivity index (χ2v) is 4.50. The minimum Gasteiger partial charge on any atom is -0.343 e. The zero-order chi connectivity index (χ0) is 12.2. The summed E-state index contributed by atoms with van der Waals surface area (Å²) in [7, 11) is 0. The first-order valence-electron chi connectivity index (χ1n) is 6.89. The van der Waals surface area contributed by atoms with Crippen molar-refractivity contribution < 1.29 is 4.52 Å². The first-order chi connectivity index (χ1) is 8.43. The molecule has 1 aromatic rings. The molecule has 0 unspecified atom stereocenters. The standard InChI is InChI=1S/C13H25N3O/c1-2-3-4-5-6-7-8-9-10-14-11-13-15-12-17-16-13/h12,14H,2-11H2,1H3. The molecule has 0 fully saturated rings. The van der Waals surface area contributed by atoms with Crippen LogP contribution in [0.4, 0.5) is 0 Å². The molecule has 0 aromatic carbocycles. The molecule has 0 aliphatic rings. The van der Waals surface area contributed by atoms with Crippen molar-refractivity contribution in [3.8, 4) is 0 Å². The third-order valence-electron chi connectivity index (χ3n) is 2.90. The van der Waals surface area contributed by atoms with Crippen LogP contribution >= 0.6 is 0 Å². The first kappa shape index (κ1) is 14.2. The Bertz CT molecular complexity index is 249. The summed E-state index contributed by atoms with van der Waals surface area (Å²) in [6.45, 7) is 4.02. The van der Waals surface area contributed by atoms with E-state index in [4.69, 9.17) is 0 Å². The van der Waals surface area contributed by atoms with Gasteiger partial charge in [-0.15, -0.1) is 0 Å². The van der Waals surface area contributed by atoms with Gasteiger partial charge in [-0.25, -0.2) is 0 Å². The lowest BCUT2D eigenvalue weighted by atomic mass is 10.1. The van der Waals surface area contributed by atoms with E-state index in [-0.39, 0.29) is 0 Å². The monoisotopic (exact) mass is 239 g/mol. The van der Waals surface area contributed by atoms with E-state index < -0.39 is 0 Å². The van der Waals surface area contributed by atoms with Crippen molar-refractivity contribution in [1.82, 2.24) is 15.5 Å². The van der Waals surface area contributed by atoms with E-state index in [0.717, 1.165) is 12.4 Å². The van der Waals surface area contributed by atoms with E-state index in [1.165, 1.54) is 57.8 Å². The van der Waals surface area contributed by atoms with Crippen molar-refractivity contribution >= 4 is 0 Å². The van der Waals surface area contributed by atoms with Gasteiger partial charge in [0.1, 0.15) is 0 Å². The lowest BCUT2D eigenvalue weighted by molar-refractivity contribution is 0.407. The molecule has 1 N–H and O–H groups in total. The summed E-state index contributed by atoms with van der Waals surface area (Å²) in [4.78, 5) is 3.95. The van der Waals surface area contributed by atoms with Crippen LogP contribution in [0.1, 0.15) is 64.1 Å². The number of unbranched alkanes of at least 4 members (excludes halogenated alkanes) is 7. The third-order valence-corrected chi connectivity index (χ3v) is 2.90. The number of hydrogen-bond donors (Lipinski definition) is 1. The molecule has 98 valence electrons. The molecule has 1 heterocycles. The molecule has 0 bridgehead atoms. The summed E-state index contributed by atoms with van der Waals surface area (Å²) >= 11 is 0. The number of rotatable bonds is 11. The van der Waals surface area contributed by atoms with E-state index in [9.17, 15) is 0 Å². The Morgan fingerprint density at radius 1 is 1.06 bits per heavy atom. The molecular weight excluding hydrogens is 214 g/mol. The normalized spacial score (nSPS) is 10.9. The van der Waals surface area contributed by atoms with E-state index in [0.29, 0.717) is 6.54 Å². The van der Waals surface area contributed by atoms with Gasteiger partial charge in [0.2, 0.25) is 6.39 Å². The number of aromatic nitrogens is 2. The summed E-state index contributed by atoms with van der Waals surface area (Å²) in [6, 6.07) is 0. The van der Waals surface area contributed by atoms with Crippen LogP contribution in [-0.4, -0.2) is 16.7 Å². The third kappa shape index (κ3) is 7.91. The smallest absolute Gasteiger partial charge is 0.213 e. The highest BCUT2D eigenvalue weighted by Gasteiger charge is 1.96. The van der Waals surface area contributed by atoms with Crippen LogP contribution in [0.2, 0.25) is 0 Å². The van der Waals surface area contributed by atoms with Crippen molar-refractivity contribution in [3.05, 3.63) is 12.2 Å². The summed E-state index contributed by atoms with van der Waals surface area (Å²) in [5.74, 6) is 0.740. The van der Waals surface area contributed by atoms with Gasteiger partial charge in [-0.05, 0) is 13.0 Å². The second-order valence-electron chi connectivity index (χ2n) is 4.50. The van der Waals surface area contributed by atoms with Gasteiger partial charge >= 0.3 is 0 Å². The van der Waals surface area contributed by atoms with Gasteiger partial charge in [-0.3, -0.25) is 0 Å². The predicted octanol–water partition coefficient (Wildman–Crippen LogP) is 3.30. The molecule has 0 aliphatic heterocycles. The SMILES string of the molecule is CCCCCCCCCCNCc1ncon1. The minimum absolute atomic E-state index is 0.715. The molecule has 0 radical (unpaired) electrons. The quantitative estimate of drug-likeness (QED) is 0.602.